The second kappa shape index (κ2) is 9.34. The number of carbonyl (C=O) groups excluding carboxylic acids is 1. The molecule has 168 valence electrons. The van der Waals surface area contributed by atoms with Crippen LogP contribution < -0.4 is 28.6 Å². The summed E-state index contributed by atoms with van der Waals surface area (Å²) in [5, 5.41) is 2.84. The second-order valence-electron chi connectivity index (χ2n) is 6.85. The lowest BCUT2D eigenvalue weighted by molar-refractivity contribution is -0.120. The largest absolute Gasteiger partial charge is 0.493 e. The highest BCUT2D eigenvalue weighted by atomic mass is 32.2. The smallest absolute Gasteiger partial charge is 0.241 e. The minimum Gasteiger partial charge on any atom is -0.493 e. The molecule has 10 heteroatoms. The Morgan fingerprint density at radius 2 is 1.81 bits per heavy atom. The number of rotatable bonds is 9. The number of fused-ring (bicyclic) bond motifs is 1. The first-order valence-electron chi connectivity index (χ1n) is 9.70. The number of nitrogens with one attached hydrogen (secondary N) is 1. The molecule has 9 nitrogen and oxygen atoms in total. The van der Waals surface area contributed by atoms with Crippen LogP contribution in [0.25, 0.3) is 0 Å². The molecule has 0 aromatic heterocycles. The van der Waals surface area contributed by atoms with Crippen molar-refractivity contribution in [3.8, 4) is 23.0 Å². The summed E-state index contributed by atoms with van der Waals surface area (Å²) in [5.74, 6) is 1.48. The van der Waals surface area contributed by atoms with Crippen molar-refractivity contribution >= 4 is 21.6 Å². The third-order valence-corrected chi connectivity index (χ3v) is 6.66. The molecule has 1 aliphatic heterocycles. The van der Waals surface area contributed by atoms with Crippen molar-refractivity contribution in [3.05, 3.63) is 42.0 Å². The Morgan fingerprint density at radius 3 is 2.48 bits per heavy atom. The van der Waals surface area contributed by atoms with Gasteiger partial charge in [0.05, 0.1) is 31.7 Å². The molecule has 1 atom stereocenters. The average molecular weight is 451 g/mol. The summed E-state index contributed by atoms with van der Waals surface area (Å²) in [6.07, 6.45) is 0. The number of carbonyl (C=O) groups is 1. The van der Waals surface area contributed by atoms with Crippen LogP contribution in [0.1, 0.15) is 25.5 Å². The summed E-state index contributed by atoms with van der Waals surface area (Å²) in [6.45, 7) is 3.04. The van der Waals surface area contributed by atoms with Gasteiger partial charge in [-0.2, -0.15) is 0 Å². The SMILES string of the molecule is CCS(=O)(=O)N(CC(=O)N[C@H](C)c1ccc(OC)c(OC)c1)c1ccc2c(c1)OCO2. The van der Waals surface area contributed by atoms with Gasteiger partial charge in [-0.15, -0.1) is 0 Å². The highest BCUT2D eigenvalue weighted by Crippen LogP contribution is 2.36. The molecular weight excluding hydrogens is 424 g/mol. The van der Waals surface area contributed by atoms with Crippen molar-refractivity contribution in [3.63, 3.8) is 0 Å². The van der Waals surface area contributed by atoms with Gasteiger partial charge in [0.1, 0.15) is 6.54 Å². The molecule has 0 saturated carbocycles. The summed E-state index contributed by atoms with van der Waals surface area (Å²) < 4.78 is 47.6. The van der Waals surface area contributed by atoms with E-state index >= 15 is 0 Å². The van der Waals surface area contributed by atoms with Crippen molar-refractivity contribution in [1.29, 1.82) is 0 Å². The molecule has 0 radical (unpaired) electrons. The maximum atomic E-state index is 12.8. The fourth-order valence-corrected chi connectivity index (χ4v) is 4.23. The highest BCUT2D eigenvalue weighted by Gasteiger charge is 2.26. The predicted molar refractivity (Wildman–Crippen MR) is 115 cm³/mol. The molecular formula is C21H26N2O7S. The number of nitrogens with zero attached hydrogens (tertiary/aromatic N) is 1. The summed E-state index contributed by atoms with van der Waals surface area (Å²) in [4.78, 5) is 12.8. The first-order chi connectivity index (χ1) is 14.8. The number of sulfonamides is 1. The lowest BCUT2D eigenvalue weighted by atomic mass is 10.1. The van der Waals surface area contributed by atoms with Gasteiger partial charge in [0.2, 0.25) is 22.7 Å². The van der Waals surface area contributed by atoms with Crippen molar-refractivity contribution in [1.82, 2.24) is 5.32 Å². The minimum atomic E-state index is -3.71. The third kappa shape index (κ3) is 4.96. The number of amides is 1. The van der Waals surface area contributed by atoms with E-state index < -0.39 is 15.9 Å². The summed E-state index contributed by atoms with van der Waals surface area (Å²) in [5.41, 5.74) is 1.12. The Bertz CT molecular complexity index is 1060. The molecule has 0 saturated heterocycles. The quantitative estimate of drug-likeness (QED) is 0.626. The van der Waals surface area contributed by atoms with Crippen LogP contribution >= 0.6 is 0 Å². The third-order valence-electron chi connectivity index (χ3n) is 4.92. The number of benzene rings is 2. The number of ether oxygens (including phenoxy) is 4. The van der Waals surface area contributed by atoms with Gasteiger partial charge in [-0.1, -0.05) is 6.07 Å². The number of anilines is 1. The maximum absolute atomic E-state index is 12.8. The summed E-state index contributed by atoms with van der Waals surface area (Å²) in [6, 6.07) is 9.71. The monoisotopic (exact) mass is 450 g/mol. The maximum Gasteiger partial charge on any atom is 0.241 e. The van der Waals surface area contributed by atoms with Gasteiger partial charge >= 0.3 is 0 Å². The van der Waals surface area contributed by atoms with Crippen LogP contribution in [0.5, 0.6) is 23.0 Å². The molecule has 1 aliphatic rings. The zero-order chi connectivity index (χ0) is 22.6. The van der Waals surface area contributed by atoms with E-state index in [1.54, 1.807) is 44.4 Å². The van der Waals surface area contributed by atoms with E-state index in [9.17, 15) is 13.2 Å². The van der Waals surface area contributed by atoms with E-state index in [-0.39, 0.29) is 25.1 Å². The molecule has 0 fully saturated rings. The van der Waals surface area contributed by atoms with Crippen LogP contribution in [0.3, 0.4) is 0 Å². The van der Waals surface area contributed by atoms with Gasteiger partial charge in [-0.3, -0.25) is 9.10 Å². The second-order valence-corrected chi connectivity index (χ2v) is 9.03. The topological polar surface area (TPSA) is 103 Å². The standard InChI is InChI=1S/C21H26N2O7S/c1-5-31(25,26)23(16-7-9-18-20(11-16)30-13-29-18)12-21(24)22-14(2)15-6-8-17(27-3)19(10-15)28-4/h6-11,14H,5,12-13H2,1-4H3,(H,22,24)/t14-/m1/s1. The highest BCUT2D eigenvalue weighted by molar-refractivity contribution is 7.92. The summed E-state index contributed by atoms with van der Waals surface area (Å²) in [7, 11) is -0.632. The molecule has 2 aromatic rings. The van der Waals surface area contributed by atoms with Gasteiger partial charge in [-0.05, 0) is 43.7 Å². The van der Waals surface area contributed by atoms with Crippen molar-refractivity contribution in [2.24, 2.45) is 0 Å². The lowest BCUT2D eigenvalue weighted by Crippen LogP contribution is -2.42. The van der Waals surface area contributed by atoms with Gasteiger partial charge in [0.15, 0.2) is 23.0 Å². The van der Waals surface area contributed by atoms with Crippen LogP contribution in [0, 0.1) is 0 Å². The zero-order valence-corrected chi connectivity index (χ0v) is 18.7. The molecule has 0 aliphatic carbocycles. The Labute approximate surface area is 181 Å². The van der Waals surface area contributed by atoms with E-state index in [2.05, 4.69) is 5.32 Å². The Hall–Kier alpha value is -3.14. The van der Waals surface area contributed by atoms with E-state index in [1.165, 1.54) is 14.0 Å². The van der Waals surface area contributed by atoms with E-state index in [0.717, 1.165) is 9.87 Å². The fourth-order valence-electron chi connectivity index (χ4n) is 3.17. The normalized spacial score (nSPS) is 13.4. The van der Waals surface area contributed by atoms with Gasteiger partial charge in [0, 0.05) is 6.07 Å². The first kappa shape index (κ1) is 22.5. The molecule has 1 amide bonds. The van der Waals surface area contributed by atoms with Crippen molar-refractivity contribution in [2.75, 3.05) is 37.6 Å². The molecule has 3 rings (SSSR count). The van der Waals surface area contributed by atoms with Crippen LogP contribution in [-0.4, -0.2) is 47.6 Å². The van der Waals surface area contributed by atoms with E-state index in [1.807, 2.05) is 6.07 Å². The Morgan fingerprint density at radius 1 is 1.10 bits per heavy atom. The molecule has 31 heavy (non-hydrogen) atoms. The molecule has 2 aromatic carbocycles. The van der Waals surface area contributed by atoms with E-state index in [0.29, 0.717) is 28.7 Å². The molecule has 0 unspecified atom stereocenters. The molecule has 1 heterocycles. The zero-order valence-electron chi connectivity index (χ0n) is 17.9. The fraction of sp³-hybridized carbons (Fsp3) is 0.381. The van der Waals surface area contributed by atoms with Crippen LogP contribution in [-0.2, 0) is 14.8 Å². The van der Waals surface area contributed by atoms with Crippen molar-refractivity contribution < 1.29 is 32.2 Å². The average Bonchev–Trinajstić information content (AvgIpc) is 3.24. The van der Waals surface area contributed by atoms with Crippen LogP contribution in [0.15, 0.2) is 36.4 Å². The first-order valence-corrected chi connectivity index (χ1v) is 11.3. The summed E-state index contributed by atoms with van der Waals surface area (Å²) >= 11 is 0. The number of hydrogen-bond acceptors (Lipinski definition) is 7. The molecule has 0 spiro atoms. The van der Waals surface area contributed by atoms with Gasteiger partial charge < -0.3 is 24.3 Å². The van der Waals surface area contributed by atoms with Crippen LogP contribution in [0.2, 0.25) is 0 Å². The molecule has 1 N–H and O–H groups in total. The number of hydrogen-bond donors (Lipinski definition) is 1. The number of methoxy groups -OCH3 is 2. The van der Waals surface area contributed by atoms with Gasteiger partial charge in [-0.25, -0.2) is 8.42 Å². The predicted octanol–water partition coefficient (Wildman–Crippen LogP) is 2.47. The Balaban J connectivity index is 1.78. The lowest BCUT2D eigenvalue weighted by Gasteiger charge is -2.25. The minimum absolute atomic E-state index is 0.0721. The van der Waals surface area contributed by atoms with Gasteiger partial charge in [0.25, 0.3) is 0 Å². The van der Waals surface area contributed by atoms with Crippen molar-refractivity contribution in [2.45, 2.75) is 19.9 Å². The van der Waals surface area contributed by atoms with E-state index in [4.69, 9.17) is 18.9 Å². The molecule has 0 bridgehead atoms. The Kier molecular flexibility index (Phi) is 6.79. The van der Waals surface area contributed by atoms with Crippen LogP contribution in [0.4, 0.5) is 5.69 Å².